The summed E-state index contributed by atoms with van der Waals surface area (Å²) in [5.41, 5.74) is 15.1. The largest absolute Gasteiger partial charge is 0.350 e. The van der Waals surface area contributed by atoms with Gasteiger partial charge in [-0.05, 0) is 49.4 Å². The van der Waals surface area contributed by atoms with Gasteiger partial charge in [0.05, 0.1) is 22.3 Å². The second-order valence-corrected chi connectivity index (χ2v) is 8.71. The number of rotatable bonds is 5. The van der Waals surface area contributed by atoms with Crippen LogP contribution in [-0.4, -0.2) is 36.2 Å². The highest BCUT2D eigenvalue weighted by Crippen LogP contribution is 2.33. The third-order valence-electron chi connectivity index (χ3n) is 5.93. The summed E-state index contributed by atoms with van der Waals surface area (Å²) in [4.78, 5) is 18.2. The fourth-order valence-corrected chi connectivity index (χ4v) is 4.24. The maximum atomic E-state index is 6.61. The fraction of sp³-hybridized carbons (Fsp3) is 0.318. The van der Waals surface area contributed by atoms with E-state index < -0.39 is 5.54 Å². The summed E-state index contributed by atoms with van der Waals surface area (Å²) >= 11 is 6.06. The Morgan fingerprint density at radius 3 is 2.81 bits per heavy atom. The normalized spacial score (nSPS) is 21.0. The molecule has 9 nitrogen and oxygen atoms in total. The Bertz CT molecular complexity index is 1250. The Labute approximate surface area is 190 Å². The standard InChI is InChI=1S/C22H24ClN9/c23-14-3-1-2-13(10-14)11-28-21-26-9-6-17(29-21)18-16-12-27-20(30-19(16)32-31-18)22(25)7-4-15(24)5-8-22/h1-3,6,9-10,12,15H,4-5,7-8,11,24-25H2,(H,26,28,29)(H,27,30,31,32). The van der Waals surface area contributed by atoms with Gasteiger partial charge in [-0.3, -0.25) is 5.10 Å². The van der Waals surface area contributed by atoms with E-state index in [-0.39, 0.29) is 6.04 Å². The number of aromatic amines is 1. The topological polar surface area (TPSA) is 144 Å². The van der Waals surface area contributed by atoms with Crippen LogP contribution in [0.1, 0.15) is 37.1 Å². The second kappa shape index (κ2) is 8.42. The number of nitrogens with two attached hydrogens (primary N) is 2. The molecule has 32 heavy (non-hydrogen) atoms. The summed E-state index contributed by atoms with van der Waals surface area (Å²) in [7, 11) is 0. The first kappa shape index (κ1) is 20.7. The van der Waals surface area contributed by atoms with Crippen LogP contribution >= 0.6 is 11.6 Å². The van der Waals surface area contributed by atoms with Gasteiger partial charge in [-0.25, -0.2) is 19.9 Å². The van der Waals surface area contributed by atoms with Crippen LogP contribution in [0.4, 0.5) is 5.95 Å². The minimum absolute atomic E-state index is 0.201. The predicted molar refractivity (Wildman–Crippen MR) is 124 cm³/mol. The van der Waals surface area contributed by atoms with Gasteiger partial charge in [0.1, 0.15) is 0 Å². The van der Waals surface area contributed by atoms with Gasteiger partial charge in [0, 0.05) is 30.0 Å². The van der Waals surface area contributed by atoms with Gasteiger partial charge >= 0.3 is 0 Å². The zero-order valence-corrected chi connectivity index (χ0v) is 18.2. The van der Waals surface area contributed by atoms with E-state index in [0.29, 0.717) is 34.7 Å². The molecule has 0 aliphatic heterocycles. The van der Waals surface area contributed by atoms with E-state index in [1.165, 1.54) is 0 Å². The molecule has 164 valence electrons. The molecule has 1 saturated carbocycles. The molecule has 0 saturated heterocycles. The molecular formula is C22H24ClN9. The van der Waals surface area contributed by atoms with Crippen molar-refractivity contribution in [2.75, 3.05) is 5.32 Å². The van der Waals surface area contributed by atoms with Crippen LogP contribution in [0.2, 0.25) is 5.02 Å². The minimum Gasteiger partial charge on any atom is -0.350 e. The number of aromatic nitrogens is 6. The van der Waals surface area contributed by atoms with E-state index in [1.807, 2.05) is 30.3 Å². The van der Waals surface area contributed by atoms with Crippen LogP contribution in [0.5, 0.6) is 0 Å². The van der Waals surface area contributed by atoms with Crippen molar-refractivity contribution in [1.29, 1.82) is 0 Å². The number of benzene rings is 1. The smallest absolute Gasteiger partial charge is 0.223 e. The van der Waals surface area contributed by atoms with Crippen LogP contribution < -0.4 is 16.8 Å². The molecule has 3 heterocycles. The predicted octanol–water partition coefficient (Wildman–Crippen LogP) is 3.13. The lowest BCUT2D eigenvalue weighted by atomic mass is 9.80. The summed E-state index contributed by atoms with van der Waals surface area (Å²) in [6.45, 7) is 0.558. The van der Waals surface area contributed by atoms with Crippen LogP contribution in [0.3, 0.4) is 0 Å². The molecule has 5 rings (SSSR count). The van der Waals surface area contributed by atoms with Crippen LogP contribution in [0, 0.1) is 0 Å². The molecule has 0 bridgehead atoms. The number of nitrogens with one attached hydrogen (secondary N) is 2. The molecule has 4 aromatic rings. The zero-order valence-electron chi connectivity index (χ0n) is 17.4. The van der Waals surface area contributed by atoms with E-state index in [4.69, 9.17) is 23.1 Å². The van der Waals surface area contributed by atoms with Crippen molar-refractivity contribution in [1.82, 2.24) is 30.1 Å². The minimum atomic E-state index is -0.560. The number of halogens is 1. The lowest BCUT2D eigenvalue weighted by molar-refractivity contribution is 0.265. The van der Waals surface area contributed by atoms with Crippen molar-refractivity contribution < 1.29 is 0 Å². The summed E-state index contributed by atoms with van der Waals surface area (Å²) < 4.78 is 0. The monoisotopic (exact) mass is 449 g/mol. The maximum Gasteiger partial charge on any atom is 0.223 e. The molecule has 0 unspecified atom stereocenters. The molecule has 1 aliphatic rings. The molecule has 1 fully saturated rings. The van der Waals surface area contributed by atoms with Gasteiger partial charge in [0.15, 0.2) is 11.5 Å². The quantitative estimate of drug-likeness (QED) is 0.363. The van der Waals surface area contributed by atoms with E-state index in [2.05, 4.69) is 35.5 Å². The molecule has 1 aliphatic carbocycles. The summed E-state index contributed by atoms with van der Waals surface area (Å²) in [5, 5.41) is 12.1. The highest BCUT2D eigenvalue weighted by atomic mass is 35.5. The van der Waals surface area contributed by atoms with Gasteiger partial charge in [-0.15, -0.1) is 0 Å². The number of nitrogens with zero attached hydrogens (tertiary/aromatic N) is 5. The average molecular weight is 450 g/mol. The van der Waals surface area contributed by atoms with E-state index >= 15 is 0 Å². The highest BCUT2D eigenvalue weighted by Gasteiger charge is 2.35. The van der Waals surface area contributed by atoms with Crippen LogP contribution in [-0.2, 0) is 12.1 Å². The molecule has 10 heteroatoms. The molecular weight excluding hydrogens is 426 g/mol. The fourth-order valence-electron chi connectivity index (χ4n) is 4.03. The van der Waals surface area contributed by atoms with Crippen LogP contribution in [0.15, 0.2) is 42.7 Å². The zero-order chi connectivity index (χ0) is 22.1. The lowest BCUT2D eigenvalue weighted by Crippen LogP contribution is -2.44. The van der Waals surface area contributed by atoms with Crippen LogP contribution in [0.25, 0.3) is 22.4 Å². The molecule has 0 atom stereocenters. The molecule has 3 aromatic heterocycles. The Hall–Kier alpha value is -3.14. The number of fused-ring (bicyclic) bond motifs is 1. The highest BCUT2D eigenvalue weighted by molar-refractivity contribution is 6.30. The van der Waals surface area contributed by atoms with Crippen molar-refractivity contribution in [3.8, 4) is 11.4 Å². The Morgan fingerprint density at radius 2 is 2.00 bits per heavy atom. The Balaban J connectivity index is 1.38. The van der Waals surface area contributed by atoms with Gasteiger partial charge < -0.3 is 16.8 Å². The third-order valence-corrected chi connectivity index (χ3v) is 6.17. The van der Waals surface area contributed by atoms with Crippen molar-refractivity contribution in [2.24, 2.45) is 11.5 Å². The van der Waals surface area contributed by atoms with Crippen molar-refractivity contribution >= 4 is 28.6 Å². The molecule has 0 amide bonds. The summed E-state index contributed by atoms with van der Waals surface area (Å²) in [6.07, 6.45) is 6.74. The number of H-pyrrole nitrogens is 1. The molecule has 0 radical (unpaired) electrons. The van der Waals surface area contributed by atoms with E-state index in [9.17, 15) is 0 Å². The third kappa shape index (κ3) is 4.14. The van der Waals surface area contributed by atoms with E-state index in [1.54, 1.807) is 12.4 Å². The average Bonchev–Trinajstić information content (AvgIpc) is 3.23. The summed E-state index contributed by atoms with van der Waals surface area (Å²) in [5.74, 6) is 1.11. The Morgan fingerprint density at radius 1 is 1.16 bits per heavy atom. The first-order chi connectivity index (χ1) is 15.5. The second-order valence-electron chi connectivity index (χ2n) is 8.27. The first-order valence-corrected chi connectivity index (χ1v) is 11.0. The van der Waals surface area contributed by atoms with Gasteiger partial charge in [0.25, 0.3) is 0 Å². The SMILES string of the molecule is NC1CCC(N)(c2ncc3c(-c4ccnc(NCc5cccc(Cl)c5)n4)[nH]nc3n2)CC1. The first-order valence-electron chi connectivity index (χ1n) is 10.6. The van der Waals surface area contributed by atoms with Crippen molar-refractivity contribution in [3.63, 3.8) is 0 Å². The molecule has 0 spiro atoms. The molecule has 6 N–H and O–H groups in total. The van der Waals surface area contributed by atoms with Crippen molar-refractivity contribution in [2.45, 2.75) is 43.8 Å². The number of hydrogen-bond donors (Lipinski definition) is 4. The van der Waals surface area contributed by atoms with Gasteiger partial charge in [-0.1, -0.05) is 23.7 Å². The van der Waals surface area contributed by atoms with E-state index in [0.717, 1.165) is 42.3 Å². The van der Waals surface area contributed by atoms with Crippen molar-refractivity contribution in [3.05, 3.63) is 59.1 Å². The summed E-state index contributed by atoms with van der Waals surface area (Å²) in [6, 6.07) is 9.67. The number of hydrogen-bond acceptors (Lipinski definition) is 8. The Kier molecular flexibility index (Phi) is 5.46. The lowest BCUT2D eigenvalue weighted by Gasteiger charge is -2.34. The van der Waals surface area contributed by atoms with Gasteiger partial charge in [-0.2, -0.15) is 5.10 Å². The maximum absolute atomic E-state index is 6.61. The number of anilines is 1. The van der Waals surface area contributed by atoms with Gasteiger partial charge in [0.2, 0.25) is 5.95 Å². The molecule has 1 aromatic carbocycles.